The number of aromatic nitrogens is 3. The van der Waals surface area contributed by atoms with Crippen LogP contribution in [0.25, 0.3) is 17.1 Å². The van der Waals surface area contributed by atoms with Gasteiger partial charge in [0.2, 0.25) is 5.82 Å². The first-order valence-corrected chi connectivity index (χ1v) is 11.1. The highest BCUT2D eigenvalue weighted by Gasteiger charge is 2.22. The Labute approximate surface area is 193 Å². The van der Waals surface area contributed by atoms with Crippen molar-refractivity contribution in [3.63, 3.8) is 0 Å². The van der Waals surface area contributed by atoms with Crippen molar-refractivity contribution in [2.75, 3.05) is 43.4 Å². The second kappa shape index (κ2) is 9.26. The van der Waals surface area contributed by atoms with E-state index in [9.17, 15) is 4.79 Å². The molecule has 1 N–H and O–H groups in total. The van der Waals surface area contributed by atoms with Crippen LogP contribution in [-0.2, 0) is 0 Å². The molecule has 0 unspecified atom stereocenters. The Morgan fingerprint density at radius 2 is 1.45 bits per heavy atom. The topological polar surface area (TPSA) is 66.3 Å². The molecule has 166 valence electrons. The van der Waals surface area contributed by atoms with Gasteiger partial charge in [0.25, 0.3) is 5.91 Å². The lowest BCUT2D eigenvalue weighted by atomic mass is 10.2. The zero-order valence-electron chi connectivity index (χ0n) is 18.6. The summed E-state index contributed by atoms with van der Waals surface area (Å²) in [5.41, 5.74) is 3.53. The molecule has 7 heteroatoms. The molecular weight excluding hydrogens is 412 g/mol. The number of benzene rings is 3. The zero-order chi connectivity index (χ0) is 22.6. The van der Waals surface area contributed by atoms with Gasteiger partial charge in [-0.05, 0) is 31.3 Å². The lowest BCUT2D eigenvalue weighted by Gasteiger charge is -2.35. The maximum Gasteiger partial charge on any atom is 0.295 e. The van der Waals surface area contributed by atoms with Crippen molar-refractivity contribution in [1.82, 2.24) is 19.7 Å². The molecule has 4 aromatic rings. The third-order valence-electron chi connectivity index (χ3n) is 5.84. The van der Waals surface area contributed by atoms with Crippen LogP contribution in [0.1, 0.15) is 10.6 Å². The summed E-state index contributed by atoms with van der Waals surface area (Å²) in [7, 11) is 2.13. The number of rotatable bonds is 5. The molecular formula is C26H26N6O. The van der Waals surface area contributed by atoms with Crippen LogP contribution in [-0.4, -0.2) is 58.8 Å². The molecule has 1 amide bonds. The maximum atomic E-state index is 13.3. The molecule has 0 atom stereocenters. The molecule has 0 saturated carbocycles. The third-order valence-corrected chi connectivity index (χ3v) is 5.84. The van der Waals surface area contributed by atoms with E-state index in [1.54, 1.807) is 4.68 Å². The van der Waals surface area contributed by atoms with Gasteiger partial charge in [-0.3, -0.25) is 4.79 Å². The Morgan fingerprint density at radius 3 is 2.18 bits per heavy atom. The van der Waals surface area contributed by atoms with Crippen LogP contribution in [0.4, 0.5) is 11.4 Å². The van der Waals surface area contributed by atoms with Crippen molar-refractivity contribution in [1.29, 1.82) is 0 Å². The molecule has 1 aliphatic rings. The van der Waals surface area contributed by atoms with Gasteiger partial charge in [0.05, 0.1) is 17.1 Å². The fourth-order valence-electron chi connectivity index (χ4n) is 4.01. The van der Waals surface area contributed by atoms with Gasteiger partial charge in [-0.25, -0.2) is 9.67 Å². The number of amides is 1. The predicted molar refractivity (Wildman–Crippen MR) is 131 cm³/mol. The summed E-state index contributed by atoms with van der Waals surface area (Å²) >= 11 is 0. The number of nitrogens with one attached hydrogen (secondary N) is 1. The average molecular weight is 439 g/mol. The van der Waals surface area contributed by atoms with E-state index in [1.807, 2.05) is 84.9 Å². The van der Waals surface area contributed by atoms with Crippen molar-refractivity contribution < 1.29 is 4.79 Å². The lowest BCUT2D eigenvalue weighted by molar-refractivity contribution is 0.101. The molecule has 0 radical (unpaired) electrons. The Bertz CT molecular complexity index is 1170. The Balaban J connectivity index is 1.46. The minimum Gasteiger partial charge on any atom is -0.367 e. The molecule has 2 heterocycles. The molecule has 3 aromatic carbocycles. The molecule has 0 aliphatic carbocycles. The number of para-hydroxylation sites is 3. The number of piperazine rings is 1. The number of anilines is 2. The van der Waals surface area contributed by atoms with Crippen LogP contribution in [0.2, 0.25) is 0 Å². The fourth-order valence-corrected chi connectivity index (χ4v) is 4.01. The van der Waals surface area contributed by atoms with Crippen LogP contribution >= 0.6 is 0 Å². The third kappa shape index (κ3) is 4.49. The van der Waals surface area contributed by atoms with Crippen molar-refractivity contribution in [2.24, 2.45) is 0 Å². The summed E-state index contributed by atoms with van der Waals surface area (Å²) in [4.78, 5) is 22.5. The van der Waals surface area contributed by atoms with E-state index in [2.05, 4.69) is 32.2 Å². The number of carbonyl (C=O) groups is 1. The predicted octanol–water partition coefficient (Wildman–Crippen LogP) is 3.94. The molecule has 7 nitrogen and oxygen atoms in total. The number of carbonyl (C=O) groups excluding carboxylic acids is 1. The minimum absolute atomic E-state index is 0.130. The van der Waals surface area contributed by atoms with E-state index in [-0.39, 0.29) is 11.7 Å². The van der Waals surface area contributed by atoms with E-state index in [1.165, 1.54) is 0 Å². The van der Waals surface area contributed by atoms with Gasteiger partial charge in [0, 0.05) is 31.7 Å². The highest BCUT2D eigenvalue weighted by molar-refractivity contribution is 6.03. The van der Waals surface area contributed by atoms with Crippen LogP contribution in [0.15, 0.2) is 84.9 Å². The number of nitrogens with zero attached hydrogens (tertiary/aromatic N) is 5. The second-order valence-electron chi connectivity index (χ2n) is 8.13. The first-order valence-electron chi connectivity index (χ1n) is 11.1. The first-order chi connectivity index (χ1) is 16.2. The smallest absolute Gasteiger partial charge is 0.295 e. The monoisotopic (exact) mass is 438 g/mol. The van der Waals surface area contributed by atoms with Gasteiger partial charge in [0.1, 0.15) is 0 Å². The Kier molecular flexibility index (Phi) is 5.87. The second-order valence-corrected chi connectivity index (χ2v) is 8.13. The van der Waals surface area contributed by atoms with E-state index in [0.717, 1.165) is 48.8 Å². The summed E-state index contributed by atoms with van der Waals surface area (Å²) < 4.78 is 1.72. The highest BCUT2D eigenvalue weighted by Crippen LogP contribution is 2.27. The Morgan fingerprint density at radius 1 is 0.818 bits per heavy atom. The standard InChI is InChI=1S/C26H26N6O/c1-30-16-18-31(19-17-30)23-15-9-8-14-22(23)27-26(33)24-28-25(20-10-4-2-5-11-20)32(29-24)21-12-6-3-7-13-21/h2-15H,16-19H2,1H3,(H,27,33). The highest BCUT2D eigenvalue weighted by atomic mass is 16.2. The molecule has 0 spiro atoms. The van der Waals surface area contributed by atoms with Gasteiger partial charge in [-0.15, -0.1) is 5.10 Å². The zero-order valence-corrected chi connectivity index (χ0v) is 18.6. The average Bonchev–Trinajstić information content (AvgIpc) is 3.32. The van der Waals surface area contributed by atoms with Gasteiger partial charge in [-0.1, -0.05) is 60.7 Å². The van der Waals surface area contributed by atoms with Crippen molar-refractivity contribution in [3.8, 4) is 17.1 Å². The van der Waals surface area contributed by atoms with Crippen LogP contribution in [0.5, 0.6) is 0 Å². The van der Waals surface area contributed by atoms with Crippen LogP contribution in [0, 0.1) is 0 Å². The maximum absolute atomic E-state index is 13.3. The summed E-state index contributed by atoms with van der Waals surface area (Å²) in [5, 5.41) is 7.62. The van der Waals surface area contributed by atoms with Crippen molar-refractivity contribution >= 4 is 17.3 Å². The van der Waals surface area contributed by atoms with Crippen molar-refractivity contribution in [3.05, 3.63) is 90.8 Å². The minimum atomic E-state index is -0.330. The number of likely N-dealkylation sites (N-methyl/N-ethyl adjacent to an activating group) is 1. The number of hydrogen-bond acceptors (Lipinski definition) is 5. The molecule has 1 saturated heterocycles. The largest absolute Gasteiger partial charge is 0.367 e. The normalized spacial score (nSPS) is 14.3. The fraction of sp³-hybridized carbons (Fsp3) is 0.192. The van der Waals surface area contributed by atoms with Gasteiger partial charge in [-0.2, -0.15) is 0 Å². The molecule has 0 bridgehead atoms. The molecule has 1 aromatic heterocycles. The van der Waals surface area contributed by atoms with Crippen LogP contribution < -0.4 is 10.2 Å². The lowest BCUT2D eigenvalue weighted by Crippen LogP contribution is -2.44. The summed E-state index contributed by atoms with van der Waals surface area (Å²) in [6.45, 7) is 3.82. The number of hydrogen-bond donors (Lipinski definition) is 1. The summed E-state index contributed by atoms with van der Waals surface area (Å²) in [6.07, 6.45) is 0. The van der Waals surface area contributed by atoms with E-state index < -0.39 is 0 Å². The van der Waals surface area contributed by atoms with Gasteiger partial charge < -0.3 is 15.1 Å². The quantitative estimate of drug-likeness (QED) is 0.511. The van der Waals surface area contributed by atoms with Gasteiger partial charge in [0.15, 0.2) is 5.82 Å². The Hall–Kier alpha value is -3.97. The SMILES string of the molecule is CN1CCN(c2ccccc2NC(=O)c2nc(-c3ccccc3)n(-c3ccccc3)n2)CC1. The molecule has 5 rings (SSSR count). The van der Waals surface area contributed by atoms with E-state index in [4.69, 9.17) is 0 Å². The molecule has 33 heavy (non-hydrogen) atoms. The summed E-state index contributed by atoms with van der Waals surface area (Å²) in [6, 6.07) is 27.4. The van der Waals surface area contributed by atoms with E-state index >= 15 is 0 Å². The molecule has 1 aliphatic heterocycles. The van der Waals surface area contributed by atoms with E-state index in [0.29, 0.717) is 5.82 Å². The van der Waals surface area contributed by atoms with Gasteiger partial charge >= 0.3 is 0 Å². The van der Waals surface area contributed by atoms with Crippen LogP contribution in [0.3, 0.4) is 0 Å². The molecule has 1 fully saturated rings. The summed E-state index contributed by atoms with van der Waals surface area (Å²) in [5.74, 6) is 0.425. The van der Waals surface area contributed by atoms with Crippen molar-refractivity contribution in [2.45, 2.75) is 0 Å². The first kappa shape index (κ1) is 20.9.